The number of likely N-dealkylation sites (tertiary alicyclic amines) is 1. The van der Waals surface area contributed by atoms with Crippen LogP contribution in [0.15, 0.2) is 5.16 Å². The molecule has 0 aromatic rings. The summed E-state index contributed by atoms with van der Waals surface area (Å²) < 4.78 is 0. The van der Waals surface area contributed by atoms with E-state index in [1.807, 2.05) is 0 Å². The smallest absolute Gasteiger partial charge is 0.235 e. The van der Waals surface area contributed by atoms with Crippen molar-refractivity contribution in [3.8, 4) is 0 Å². The van der Waals surface area contributed by atoms with Crippen molar-refractivity contribution in [2.75, 3.05) is 13.1 Å². The van der Waals surface area contributed by atoms with E-state index in [2.05, 4.69) is 10.5 Å². The molecule has 1 saturated heterocycles. The molecule has 108 valence electrons. The average Bonchev–Trinajstić information content (AvgIpc) is 2.37. The fraction of sp³-hybridized carbons (Fsp3) is 0.750. The molecule has 2 amide bonds. The molecule has 0 aromatic heterocycles. The molecular formula is C12H22N4O3. The molecule has 7 heteroatoms. The van der Waals surface area contributed by atoms with Crippen LogP contribution < -0.4 is 11.1 Å². The normalized spacial score (nSPS) is 18.3. The largest absolute Gasteiger partial charge is 0.409 e. The van der Waals surface area contributed by atoms with Crippen LogP contribution in [0.25, 0.3) is 0 Å². The number of hydrogen-bond acceptors (Lipinski definition) is 4. The lowest BCUT2D eigenvalue weighted by Crippen LogP contribution is -2.52. The summed E-state index contributed by atoms with van der Waals surface area (Å²) in [5.41, 5.74) is 4.53. The maximum atomic E-state index is 12.3. The fourth-order valence-electron chi connectivity index (χ4n) is 2.14. The Kier molecular flexibility index (Phi) is 4.74. The second-order valence-electron chi connectivity index (χ2n) is 5.38. The molecule has 1 aliphatic rings. The maximum absolute atomic E-state index is 12.3. The second kappa shape index (κ2) is 5.90. The first-order chi connectivity index (χ1) is 8.78. The minimum absolute atomic E-state index is 0.0539. The van der Waals surface area contributed by atoms with E-state index in [-0.39, 0.29) is 23.7 Å². The van der Waals surface area contributed by atoms with Crippen molar-refractivity contribution in [1.29, 1.82) is 0 Å². The van der Waals surface area contributed by atoms with Crippen molar-refractivity contribution in [2.45, 2.75) is 39.7 Å². The summed E-state index contributed by atoms with van der Waals surface area (Å²) in [6.45, 7) is 5.87. The van der Waals surface area contributed by atoms with Gasteiger partial charge >= 0.3 is 0 Å². The van der Waals surface area contributed by atoms with Gasteiger partial charge in [0, 0.05) is 26.1 Å². The number of oxime groups is 1. The number of carbonyl (C=O) groups is 2. The van der Waals surface area contributed by atoms with Gasteiger partial charge in [-0.25, -0.2) is 0 Å². The number of carbonyl (C=O) groups excluding carboxylic acids is 2. The van der Waals surface area contributed by atoms with Crippen LogP contribution in [-0.4, -0.2) is 46.9 Å². The van der Waals surface area contributed by atoms with E-state index in [1.165, 1.54) is 6.92 Å². The Morgan fingerprint density at radius 2 is 1.89 bits per heavy atom. The Morgan fingerprint density at radius 1 is 1.37 bits per heavy atom. The van der Waals surface area contributed by atoms with Crippen LogP contribution in [0.2, 0.25) is 0 Å². The Labute approximate surface area is 112 Å². The number of nitrogens with one attached hydrogen (secondary N) is 1. The molecule has 0 atom stereocenters. The van der Waals surface area contributed by atoms with Gasteiger partial charge in [0.25, 0.3) is 0 Å². The lowest BCUT2D eigenvalue weighted by atomic mass is 9.89. The third kappa shape index (κ3) is 3.59. The Hall–Kier alpha value is -1.79. The molecule has 0 aliphatic carbocycles. The van der Waals surface area contributed by atoms with E-state index in [1.54, 1.807) is 18.7 Å². The zero-order valence-electron chi connectivity index (χ0n) is 11.6. The van der Waals surface area contributed by atoms with Gasteiger partial charge in [-0.3, -0.25) is 9.59 Å². The number of nitrogens with two attached hydrogens (primary N) is 1. The minimum Gasteiger partial charge on any atom is -0.409 e. The lowest BCUT2D eigenvalue weighted by Gasteiger charge is -2.36. The van der Waals surface area contributed by atoms with Gasteiger partial charge in [0.05, 0.1) is 0 Å². The van der Waals surface area contributed by atoms with E-state index >= 15 is 0 Å². The van der Waals surface area contributed by atoms with Gasteiger partial charge in [-0.15, -0.1) is 0 Å². The highest BCUT2D eigenvalue weighted by Crippen LogP contribution is 2.22. The molecule has 1 fully saturated rings. The van der Waals surface area contributed by atoms with Gasteiger partial charge in [-0.05, 0) is 26.7 Å². The number of piperidine rings is 1. The second-order valence-corrected chi connectivity index (χ2v) is 5.38. The molecule has 1 rings (SSSR count). The molecule has 0 radical (unpaired) electrons. The minimum atomic E-state index is -1.02. The SMILES string of the molecule is CC(=O)NC1CCN(C(=O)C(C)(C)C(N)=NO)CC1. The van der Waals surface area contributed by atoms with Gasteiger partial charge in [0.2, 0.25) is 11.8 Å². The molecule has 0 unspecified atom stereocenters. The predicted octanol–water partition coefficient (Wildman–Crippen LogP) is -0.114. The molecule has 0 saturated carbocycles. The van der Waals surface area contributed by atoms with Gasteiger partial charge in [-0.1, -0.05) is 5.16 Å². The molecule has 1 aliphatic heterocycles. The van der Waals surface area contributed by atoms with Crippen LogP contribution in [0, 0.1) is 5.41 Å². The zero-order valence-corrected chi connectivity index (χ0v) is 11.6. The van der Waals surface area contributed by atoms with Crippen LogP contribution in [0.1, 0.15) is 33.6 Å². The first-order valence-electron chi connectivity index (χ1n) is 6.33. The summed E-state index contributed by atoms with van der Waals surface area (Å²) >= 11 is 0. The fourth-order valence-corrected chi connectivity index (χ4v) is 2.14. The third-order valence-electron chi connectivity index (χ3n) is 3.47. The van der Waals surface area contributed by atoms with Crippen molar-refractivity contribution in [3.05, 3.63) is 0 Å². The van der Waals surface area contributed by atoms with Gasteiger partial charge in [0.1, 0.15) is 5.41 Å². The molecule has 4 N–H and O–H groups in total. The van der Waals surface area contributed by atoms with Crippen molar-refractivity contribution in [3.63, 3.8) is 0 Å². The number of hydrogen-bond donors (Lipinski definition) is 3. The van der Waals surface area contributed by atoms with E-state index < -0.39 is 5.41 Å². The number of rotatable bonds is 3. The topological polar surface area (TPSA) is 108 Å². The molecular weight excluding hydrogens is 248 g/mol. The Bertz CT molecular complexity index is 384. The van der Waals surface area contributed by atoms with Crippen LogP contribution in [0.5, 0.6) is 0 Å². The van der Waals surface area contributed by atoms with Crippen LogP contribution in [-0.2, 0) is 9.59 Å². The first-order valence-corrected chi connectivity index (χ1v) is 6.33. The summed E-state index contributed by atoms with van der Waals surface area (Å²) in [6.07, 6.45) is 1.44. The quantitative estimate of drug-likeness (QED) is 0.288. The Balaban J connectivity index is 2.60. The van der Waals surface area contributed by atoms with Crippen LogP contribution >= 0.6 is 0 Å². The molecule has 0 aromatic carbocycles. The summed E-state index contributed by atoms with van der Waals surface area (Å²) in [6, 6.07) is 0.119. The number of nitrogens with zero attached hydrogens (tertiary/aromatic N) is 2. The molecule has 0 bridgehead atoms. The molecule has 0 spiro atoms. The predicted molar refractivity (Wildman–Crippen MR) is 70.6 cm³/mol. The summed E-state index contributed by atoms with van der Waals surface area (Å²) in [4.78, 5) is 25.0. The van der Waals surface area contributed by atoms with E-state index in [0.717, 1.165) is 12.8 Å². The van der Waals surface area contributed by atoms with Crippen molar-refractivity contribution in [1.82, 2.24) is 10.2 Å². The monoisotopic (exact) mass is 270 g/mol. The Morgan fingerprint density at radius 3 is 2.32 bits per heavy atom. The third-order valence-corrected chi connectivity index (χ3v) is 3.47. The summed E-state index contributed by atoms with van der Waals surface area (Å²) in [7, 11) is 0. The van der Waals surface area contributed by atoms with Crippen molar-refractivity contribution >= 4 is 17.6 Å². The van der Waals surface area contributed by atoms with E-state index in [4.69, 9.17) is 10.9 Å². The number of amidine groups is 1. The van der Waals surface area contributed by atoms with Gasteiger partial charge < -0.3 is 21.2 Å². The molecule has 1 heterocycles. The number of amides is 2. The summed E-state index contributed by atoms with van der Waals surface area (Å²) in [5.74, 6) is -0.313. The maximum Gasteiger partial charge on any atom is 0.235 e. The highest BCUT2D eigenvalue weighted by atomic mass is 16.4. The summed E-state index contributed by atoms with van der Waals surface area (Å²) in [5, 5.41) is 14.5. The standard InChI is InChI=1S/C12H22N4O3/c1-8(17)14-9-4-6-16(7-5-9)11(18)12(2,3)10(13)15-19/h9,19H,4-7H2,1-3H3,(H2,13,15)(H,14,17). The zero-order chi connectivity index (χ0) is 14.6. The van der Waals surface area contributed by atoms with Crippen molar-refractivity contribution in [2.24, 2.45) is 16.3 Å². The van der Waals surface area contributed by atoms with E-state index in [9.17, 15) is 9.59 Å². The van der Waals surface area contributed by atoms with E-state index in [0.29, 0.717) is 13.1 Å². The first kappa shape index (κ1) is 15.3. The highest BCUT2D eigenvalue weighted by molar-refractivity contribution is 6.05. The molecule has 19 heavy (non-hydrogen) atoms. The van der Waals surface area contributed by atoms with Crippen LogP contribution in [0.3, 0.4) is 0 Å². The average molecular weight is 270 g/mol. The van der Waals surface area contributed by atoms with Crippen molar-refractivity contribution < 1.29 is 14.8 Å². The highest BCUT2D eigenvalue weighted by Gasteiger charge is 2.37. The lowest BCUT2D eigenvalue weighted by molar-refractivity contribution is -0.138. The van der Waals surface area contributed by atoms with Crippen LogP contribution in [0.4, 0.5) is 0 Å². The van der Waals surface area contributed by atoms with Gasteiger partial charge in [-0.2, -0.15) is 0 Å². The van der Waals surface area contributed by atoms with Gasteiger partial charge in [0.15, 0.2) is 5.84 Å². The molecule has 7 nitrogen and oxygen atoms in total.